The number of hydrogen-bond donors (Lipinski definition) is 1. The van der Waals surface area contributed by atoms with Gasteiger partial charge in [0.05, 0.1) is 6.61 Å². The SMILES string of the molecule is CCOc1cc2c(cc1CNC(=O)c1cc3ccccc3oc1=O)O[C@H](C)C2. The Morgan fingerprint density at radius 1 is 1.25 bits per heavy atom. The average Bonchev–Trinajstić information content (AvgIpc) is 3.04. The summed E-state index contributed by atoms with van der Waals surface area (Å²) in [6.07, 6.45) is 0.955. The molecule has 6 nitrogen and oxygen atoms in total. The average molecular weight is 379 g/mol. The molecule has 1 aromatic heterocycles. The van der Waals surface area contributed by atoms with Gasteiger partial charge in [-0.25, -0.2) is 4.79 Å². The number of nitrogens with one attached hydrogen (secondary N) is 1. The van der Waals surface area contributed by atoms with Crippen molar-refractivity contribution in [2.45, 2.75) is 32.9 Å². The number of benzene rings is 2. The van der Waals surface area contributed by atoms with Crippen LogP contribution in [0.5, 0.6) is 11.5 Å². The number of rotatable bonds is 5. The first-order valence-electron chi connectivity index (χ1n) is 9.31. The van der Waals surface area contributed by atoms with Gasteiger partial charge in [0, 0.05) is 29.5 Å². The van der Waals surface area contributed by atoms with Crippen molar-refractivity contribution < 1.29 is 18.7 Å². The van der Waals surface area contributed by atoms with Crippen LogP contribution in [0.3, 0.4) is 0 Å². The van der Waals surface area contributed by atoms with Crippen LogP contribution in [0.15, 0.2) is 51.7 Å². The molecule has 1 aliphatic heterocycles. The van der Waals surface area contributed by atoms with Crippen molar-refractivity contribution in [3.8, 4) is 11.5 Å². The van der Waals surface area contributed by atoms with Gasteiger partial charge in [-0.1, -0.05) is 18.2 Å². The molecular weight excluding hydrogens is 358 g/mol. The Labute approximate surface area is 162 Å². The zero-order valence-electron chi connectivity index (χ0n) is 15.8. The Hall–Kier alpha value is -3.28. The number of para-hydroxylation sites is 1. The minimum atomic E-state index is -0.660. The lowest BCUT2D eigenvalue weighted by Gasteiger charge is -2.13. The van der Waals surface area contributed by atoms with Crippen LogP contribution in [-0.4, -0.2) is 18.6 Å². The van der Waals surface area contributed by atoms with Gasteiger partial charge in [-0.15, -0.1) is 0 Å². The highest BCUT2D eigenvalue weighted by Gasteiger charge is 2.22. The molecule has 0 unspecified atom stereocenters. The highest BCUT2D eigenvalue weighted by molar-refractivity contribution is 5.96. The van der Waals surface area contributed by atoms with E-state index in [-0.39, 0.29) is 18.2 Å². The molecule has 1 atom stereocenters. The van der Waals surface area contributed by atoms with E-state index in [1.165, 1.54) is 0 Å². The van der Waals surface area contributed by atoms with Crippen LogP contribution in [0.4, 0.5) is 0 Å². The van der Waals surface area contributed by atoms with Crippen LogP contribution in [0.1, 0.15) is 35.3 Å². The lowest BCUT2D eigenvalue weighted by atomic mass is 10.1. The standard InChI is InChI=1S/C22H21NO5/c1-3-26-19-10-15-8-13(2)27-20(15)11-16(19)12-23-21(24)17-9-14-6-4-5-7-18(14)28-22(17)25/h4-7,9-11,13H,3,8,12H2,1-2H3,(H,23,24)/t13-/m1/s1. The van der Waals surface area contributed by atoms with Gasteiger partial charge in [-0.05, 0) is 38.1 Å². The third-order valence-corrected chi connectivity index (χ3v) is 4.70. The highest BCUT2D eigenvalue weighted by Crippen LogP contribution is 2.35. The van der Waals surface area contributed by atoms with E-state index in [1.54, 1.807) is 24.3 Å². The summed E-state index contributed by atoms with van der Waals surface area (Å²) in [5.41, 5.74) is 1.66. The number of ether oxygens (including phenoxy) is 2. The predicted molar refractivity (Wildman–Crippen MR) is 105 cm³/mol. The summed E-state index contributed by atoms with van der Waals surface area (Å²) in [5.74, 6) is 1.03. The molecule has 0 fully saturated rings. The van der Waals surface area contributed by atoms with E-state index in [9.17, 15) is 9.59 Å². The van der Waals surface area contributed by atoms with Crippen molar-refractivity contribution in [1.82, 2.24) is 5.32 Å². The summed E-state index contributed by atoms with van der Waals surface area (Å²) in [4.78, 5) is 24.8. The summed E-state index contributed by atoms with van der Waals surface area (Å²) in [5, 5.41) is 3.48. The van der Waals surface area contributed by atoms with Crippen LogP contribution in [-0.2, 0) is 13.0 Å². The van der Waals surface area contributed by atoms with Crippen molar-refractivity contribution in [2.24, 2.45) is 0 Å². The number of hydrogen-bond acceptors (Lipinski definition) is 5. The summed E-state index contributed by atoms with van der Waals surface area (Å²) in [7, 11) is 0. The summed E-state index contributed by atoms with van der Waals surface area (Å²) in [6.45, 7) is 4.66. The zero-order valence-corrected chi connectivity index (χ0v) is 15.8. The fourth-order valence-corrected chi connectivity index (χ4v) is 3.40. The van der Waals surface area contributed by atoms with E-state index in [2.05, 4.69) is 5.32 Å². The van der Waals surface area contributed by atoms with E-state index in [0.29, 0.717) is 23.3 Å². The van der Waals surface area contributed by atoms with E-state index < -0.39 is 11.5 Å². The Balaban J connectivity index is 1.58. The lowest BCUT2D eigenvalue weighted by molar-refractivity contribution is 0.0947. The molecule has 3 aromatic rings. The molecule has 2 heterocycles. The van der Waals surface area contributed by atoms with Crippen LogP contribution in [0.25, 0.3) is 11.0 Å². The molecule has 0 bridgehead atoms. The quantitative estimate of drug-likeness (QED) is 0.687. The summed E-state index contributed by atoms with van der Waals surface area (Å²) in [6, 6.07) is 12.5. The molecule has 28 heavy (non-hydrogen) atoms. The van der Waals surface area contributed by atoms with Gasteiger partial charge in [-0.2, -0.15) is 0 Å². The molecule has 1 amide bonds. The van der Waals surface area contributed by atoms with Crippen molar-refractivity contribution in [1.29, 1.82) is 0 Å². The van der Waals surface area contributed by atoms with Crippen molar-refractivity contribution >= 4 is 16.9 Å². The van der Waals surface area contributed by atoms with Gasteiger partial charge in [0.1, 0.15) is 28.7 Å². The highest BCUT2D eigenvalue weighted by atomic mass is 16.5. The maximum Gasteiger partial charge on any atom is 0.349 e. The Morgan fingerprint density at radius 2 is 2.07 bits per heavy atom. The molecule has 6 heteroatoms. The Morgan fingerprint density at radius 3 is 2.89 bits per heavy atom. The summed E-state index contributed by atoms with van der Waals surface area (Å²) < 4.78 is 16.8. The smallest absolute Gasteiger partial charge is 0.349 e. The number of carbonyl (C=O) groups is 1. The first-order valence-corrected chi connectivity index (χ1v) is 9.31. The first kappa shape index (κ1) is 18.1. The van der Waals surface area contributed by atoms with Gasteiger partial charge in [-0.3, -0.25) is 4.79 Å². The molecule has 2 aromatic carbocycles. The van der Waals surface area contributed by atoms with E-state index in [0.717, 1.165) is 23.3 Å². The van der Waals surface area contributed by atoms with Gasteiger partial charge in [0.15, 0.2) is 0 Å². The fraction of sp³-hybridized carbons (Fsp3) is 0.273. The Bertz CT molecular complexity index is 1100. The van der Waals surface area contributed by atoms with Crippen molar-refractivity contribution in [3.63, 3.8) is 0 Å². The number of carbonyl (C=O) groups excluding carboxylic acids is 1. The largest absolute Gasteiger partial charge is 0.494 e. The lowest BCUT2D eigenvalue weighted by Crippen LogP contribution is -2.28. The fourth-order valence-electron chi connectivity index (χ4n) is 3.40. The Kier molecular flexibility index (Phi) is 4.77. The van der Waals surface area contributed by atoms with Gasteiger partial charge < -0.3 is 19.2 Å². The van der Waals surface area contributed by atoms with E-state index in [1.807, 2.05) is 32.0 Å². The zero-order chi connectivity index (χ0) is 19.7. The molecule has 0 spiro atoms. The van der Waals surface area contributed by atoms with Crippen LogP contribution >= 0.6 is 0 Å². The van der Waals surface area contributed by atoms with E-state index in [4.69, 9.17) is 13.9 Å². The van der Waals surface area contributed by atoms with Crippen LogP contribution in [0, 0.1) is 0 Å². The molecule has 144 valence electrons. The molecule has 0 saturated heterocycles. The number of fused-ring (bicyclic) bond motifs is 2. The second-order valence-corrected chi connectivity index (χ2v) is 6.80. The monoisotopic (exact) mass is 379 g/mol. The molecule has 4 rings (SSSR count). The third-order valence-electron chi connectivity index (χ3n) is 4.70. The normalized spacial score (nSPS) is 15.1. The topological polar surface area (TPSA) is 77.8 Å². The molecule has 0 aliphatic carbocycles. The molecule has 0 saturated carbocycles. The molecular formula is C22H21NO5. The van der Waals surface area contributed by atoms with Gasteiger partial charge >= 0.3 is 5.63 Å². The predicted octanol–water partition coefficient (Wildman–Crippen LogP) is 3.45. The van der Waals surface area contributed by atoms with Gasteiger partial charge in [0.2, 0.25) is 0 Å². The molecule has 1 N–H and O–H groups in total. The summed E-state index contributed by atoms with van der Waals surface area (Å²) >= 11 is 0. The van der Waals surface area contributed by atoms with Crippen molar-refractivity contribution in [2.75, 3.05) is 6.61 Å². The second kappa shape index (κ2) is 7.38. The maximum absolute atomic E-state index is 12.6. The minimum Gasteiger partial charge on any atom is -0.494 e. The third kappa shape index (κ3) is 3.45. The minimum absolute atomic E-state index is 0.0253. The second-order valence-electron chi connectivity index (χ2n) is 6.80. The van der Waals surface area contributed by atoms with Crippen LogP contribution in [0.2, 0.25) is 0 Å². The molecule has 0 radical (unpaired) electrons. The first-order chi connectivity index (χ1) is 13.5. The molecule has 1 aliphatic rings. The number of amides is 1. The van der Waals surface area contributed by atoms with Crippen LogP contribution < -0.4 is 20.4 Å². The van der Waals surface area contributed by atoms with E-state index >= 15 is 0 Å². The van der Waals surface area contributed by atoms with Crippen molar-refractivity contribution in [3.05, 3.63) is 69.6 Å². The maximum atomic E-state index is 12.6. The van der Waals surface area contributed by atoms with Gasteiger partial charge in [0.25, 0.3) is 5.91 Å².